The summed E-state index contributed by atoms with van der Waals surface area (Å²) in [6.45, 7) is 10.5. The third kappa shape index (κ3) is 7.29. The lowest BCUT2D eigenvalue weighted by Crippen LogP contribution is -2.20. The van der Waals surface area contributed by atoms with Crippen molar-refractivity contribution in [3.05, 3.63) is 11.3 Å². The fourth-order valence-corrected chi connectivity index (χ4v) is 0.752. The average Bonchev–Trinajstić information content (AvgIpc) is 2.17. The molecule has 0 atom stereocenters. The van der Waals surface area contributed by atoms with Crippen molar-refractivity contribution < 1.29 is 20.1 Å². The smallest absolute Gasteiger partial charge is 0.305 e. The van der Waals surface area contributed by atoms with Gasteiger partial charge in [-0.25, -0.2) is 0 Å². The van der Waals surface area contributed by atoms with E-state index in [0.29, 0.717) is 0 Å². The summed E-state index contributed by atoms with van der Waals surface area (Å²) in [6, 6.07) is 0. The largest absolute Gasteiger partial charge is 0.512 e. The molecule has 0 bridgehead atoms. The second-order valence-corrected chi connectivity index (χ2v) is 4.88. The van der Waals surface area contributed by atoms with Crippen LogP contribution in [-0.2, 0) is 4.79 Å². The molecule has 4 nitrogen and oxygen atoms in total. The van der Waals surface area contributed by atoms with E-state index in [2.05, 4.69) is 0 Å². The van der Waals surface area contributed by atoms with Crippen molar-refractivity contribution in [2.45, 2.75) is 41.5 Å². The summed E-state index contributed by atoms with van der Waals surface area (Å²) < 4.78 is 0. The Morgan fingerprint density at radius 2 is 1.50 bits per heavy atom. The Kier molecular flexibility index (Phi) is 7.90. The minimum atomic E-state index is -0.741. The Morgan fingerprint density at radius 3 is 1.56 bits per heavy atom. The molecule has 0 aromatic rings. The van der Waals surface area contributed by atoms with Gasteiger partial charge in [-0.2, -0.15) is 0 Å². The van der Waals surface area contributed by atoms with Crippen LogP contribution in [0.15, 0.2) is 11.3 Å². The number of rotatable bonds is 3. The van der Waals surface area contributed by atoms with Crippen molar-refractivity contribution in [3.63, 3.8) is 0 Å². The fraction of sp³-hybridized carbons (Fsp3) is 0.750. The van der Waals surface area contributed by atoms with E-state index in [4.69, 9.17) is 10.2 Å². The van der Waals surface area contributed by atoms with Crippen LogP contribution in [0.2, 0.25) is 0 Å². The van der Waals surface area contributed by atoms with Gasteiger partial charge < -0.3 is 15.3 Å². The van der Waals surface area contributed by atoms with Gasteiger partial charge in [0.05, 0.1) is 18.3 Å². The Labute approximate surface area is 97.6 Å². The maximum absolute atomic E-state index is 9.70. The predicted molar refractivity (Wildman–Crippen MR) is 64.3 cm³/mol. The Morgan fingerprint density at radius 1 is 1.19 bits per heavy atom. The van der Waals surface area contributed by atoms with Crippen LogP contribution < -0.4 is 0 Å². The molecule has 0 aliphatic rings. The summed E-state index contributed by atoms with van der Waals surface area (Å²) in [6.07, 6.45) is 0. The standard InChI is InChI=1S/C8H16O2.C4H8O2/c1-6(2)7(10)8(3,4)5-9;1-3(2)4(5)6/h9-10H,5H2,1-4H3;3H,1-2H3,(H,5,6). The molecule has 0 aromatic heterocycles. The van der Waals surface area contributed by atoms with Gasteiger partial charge in [0.15, 0.2) is 0 Å². The van der Waals surface area contributed by atoms with E-state index in [9.17, 15) is 9.90 Å². The lowest BCUT2D eigenvalue weighted by Gasteiger charge is -2.21. The van der Waals surface area contributed by atoms with Gasteiger partial charge in [-0.15, -0.1) is 0 Å². The molecule has 0 rings (SSSR count). The summed E-state index contributed by atoms with van der Waals surface area (Å²) in [5.74, 6) is -0.685. The zero-order valence-electron chi connectivity index (χ0n) is 11.0. The van der Waals surface area contributed by atoms with Gasteiger partial charge in [-0.05, 0) is 19.4 Å². The van der Waals surface area contributed by atoms with Gasteiger partial charge in [0.2, 0.25) is 0 Å². The van der Waals surface area contributed by atoms with E-state index < -0.39 is 11.4 Å². The van der Waals surface area contributed by atoms with E-state index in [1.165, 1.54) is 0 Å². The first-order valence-electron chi connectivity index (χ1n) is 5.26. The van der Waals surface area contributed by atoms with Crippen molar-refractivity contribution in [1.29, 1.82) is 0 Å². The quantitative estimate of drug-likeness (QED) is 0.653. The maximum Gasteiger partial charge on any atom is 0.305 e. The molecule has 0 amide bonds. The number of carbonyl (C=O) groups is 1. The molecule has 0 aliphatic heterocycles. The first-order chi connectivity index (χ1) is 7.06. The van der Waals surface area contributed by atoms with E-state index in [1.807, 2.05) is 13.8 Å². The summed E-state index contributed by atoms with van der Waals surface area (Å²) in [5, 5.41) is 26.2. The van der Waals surface area contributed by atoms with Crippen LogP contribution in [0.1, 0.15) is 41.5 Å². The second kappa shape index (κ2) is 7.28. The summed E-state index contributed by atoms with van der Waals surface area (Å²) in [5.41, 5.74) is 0.373. The topological polar surface area (TPSA) is 77.8 Å². The molecule has 96 valence electrons. The third-order valence-electron chi connectivity index (χ3n) is 2.00. The highest BCUT2D eigenvalue weighted by molar-refractivity contribution is 5.68. The minimum absolute atomic E-state index is 0.0238. The SMILES string of the molecule is CC(C)=C(O)C(C)(C)CO.CC(C)C(=O)O. The molecule has 0 saturated heterocycles. The number of aliphatic hydroxyl groups excluding tert-OH is 2. The number of carboxylic acid groups (broad SMARTS) is 1. The van der Waals surface area contributed by atoms with Crippen molar-refractivity contribution in [2.24, 2.45) is 11.3 Å². The van der Waals surface area contributed by atoms with Crippen molar-refractivity contribution in [2.75, 3.05) is 6.61 Å². The van der Waals surface area contributed by atoms with Gasteiger partial charge in [-0.3, -0.25) is 4.79 Å². The molecule has 0 spiro atoms. The highest BCUT2D eigenvalue weighted by Crippen LogP contribution is 2.25. The minimum Gasteiger partial charge on any atom is -0.512 e. The van der Waals surface area contributed by atoms with Crippen molar-refractivity contribution >= 4 is 5.97 Å². The lowest BCUT2D eigenvalue weighted by molar-refractivity contribution is -0.140. The molecule has 0 aromatic carbocycles. The molecule has 0 saturated carbocycles. The Balaban J connectivity index is 0. The van der Waals surface area contributed by atoms with Crippen LogP contribution in [0.4, 0.5) is 0 Å². The first kappa shape index (κ1) is 17.4. The highest BCUT2D eigenvalue weighted by atomic mass is 16.4. The number of hydrogen-bond donors (Lipinski definition) is 3. The van der Waals surface area contributed by atoms with E-state index in [-0.39, 0.29) is 18.3 Å². The lowest BCUT2D eigenvalue weighted by atomic mass is 9.90. The molecule has 0 unspecified atom stereocenters. The van der Waals surface area contributed by atoms with Gasteiger partial charge in [0.25, 0.3) is 0 Å². The van der Waals surface area contributed by atoms with Gasteiger partial charge in [0.1, 0.15) is 0 Å². The molecule has 0 heterocycles. The van der Waals surface area contributed by atoms with E-state index in [1.54, 1.807) is 27.7 Å². The molecule has 16 heavy (non-hydrogen) atoms. The molecule has 0 aliphatic carbocycles. The predicted octanol–water partition coefficient (Wildman–Crippen LogP) is 2.58. The zero-order chi connectivity index (χ0) is 13.5. The molecular weight excluding hydrogens is 208 g/mol. The second-order valence-electron chi connectivity index (χ2n) is 4.88. The molecule has 0 radical (unpaired) electrons. The highest BCUT2D eigenvalue weighted by Gasteiger charge is 2.22. The molecule has 0 fully saturated rings. The maximum atomic E-state index is 9.70. The van der Waals surface area contributed by atoms with Crippen LogP contribution >= 0.6 is 0 Å². The molecular formula is C12H24O4. The summed E-state index contributed by atoms with van der Waals surface area (Å²) in [4.78, 5) is 9.70. The Hall–Kier alpha value is -1.03. The summed E-state index contributed by atoms with van der Waals surface area (Å²) in [7, 11) is 0. The first-order valence-corrected chi connectivity index (χ1v) is 5.26. The number of hydrogen-bond acceptors (Lipinski definition) is 3. The molecule has 4 heteroatoms. The van der Waals surface area contributed by atoms with Gasteiger partial charge in [-0.1, -0.05) is 27.7 Å². The van der Waals surface area contributed by atoms with Crippen LogP contribution in [0.25, 0.3) is 0 Å². The van der Waals surface area contributed by atoms with E-state index >= 15 is 0 Å². The summed E-state index contributed by atoms with van der Waals surface area (Å²) >= 11 is 0. The van der Waals surface area contributed by atoms with Crippen LogP contribution in [0.5, 0.6) is 0 Å². The van der Waals surface area contributed by atoms with Crippen molar-refractivity contribution in [1.82, 2.24) is 0 Å². The zero-order valence-corrected chi connectivity index (χ0v) is 11.0. The fourth-order valence-electron chi connectivity index (χ4n) is 0.752. The number of aliphatic hydroxyl groups is 2. The van der Waals surface area contributed by atoms with Crippen LogP contribution in [0, 0.1) is 11.3 Å². The normalized spacial score (nSPS) is 10.5. The van der Waals surface area contributed by atoms with Crippen LogP contribution in [-0.4, -0.2) is 27.9 Å². The number of aliphatic carboxylic acids is 1. The number of carboxylic acids is 1. The monoisotopic (exact) mass is 232 g/mol. The molecule has 3 N–H and O–H groups in total. The van der Waals surface area contributed by atoms with Gasteiger partial charge in [0, 0.05) is 5.41 Å². The number of allylic oxidation sites excluding steroid dienone is 1. The van der Waals surface area contributed by atoms with Gasteiger partial charge >= 0.3 is 5.97 Å². The van der Waals surface area contributed by atoms with E-state index in [0.717, 1.165) is 5.57 Å². The third-order valence-corrected chi connectivity index (χ3v) is 2.00. The van der Waals surface area contributed by atoms with Crippen LogP contribution in [0.3, 0.4) is 0 Å². The van der Waals surface area contributed by atoms with Crippen molar-refractivity contribution in [3.8, 4) is 0 Å². The average molecular weight is 232 g/mol. The Bertz CT molecular complexity index is 248.